The van der Waals surface area contributed by atoms with Gasteiger partial charge in [-0.3, -0.25) is 4.79 Å². The zero-order chi connectivity index (χ0) is 13.9. The minimum Gasteiger partial charge on any atom is -0.348 e. The molecule has 1 aliphatic heterocycles. The number of nitrogens with one attached hydrogen (secondary N) is 2. The van der Waals surface area contributed by atoms with Crippen LogP contribution < -0.4 is 10.6 Å². The van der Waals surface area contributed by atoms with Crippen LogP contribution in [-0.4, -0.2) is 34.2 Å². The first-order valence-electron chi connectivity index (χ1n) is 6.03. The molecule has 1 saturated heterocycles. The van der Waals surface area contributed by atoms with Crippen LogP contribution in [0.25, 0.3) is 0 Å². The number of alkyl halides is 3. The fourth-order valence-electron chi connectivity index (χ4n) is 2.04. The molecule has 1 aliphatic rings. The molecule has 1 amide bonds. The first-order valence-corrected chi connectivity index (χ1v) is 6.03. The smallest absolute Gasteiger partial charge is 0.348 e. The molecule has 122 valence electrons. The molecule has 21 heavy (non-hydrogen) atoms. The van der Waals surface area contributed by atoms with Gasteiger partial charge in [-0.15, -0.1) is 24.8 Å². The third-order valence-electron chi connectivity index (χ3n) is 2.95. The zero-order valence-corrected chi connectivity index (χ0v) is 12.7. The molecule has 0 radical (unpaired) electrons. The highest BCUT2D eigenvalue weighted by Crippen LogP contribution is 2.18. The average molecular weight is 349 g/mol. The fourth-order valence-corrected chi connectivity index (χ4v) is 2.04. The van der Waals surface area contributed by atoms with Crippen molar-refractivity contribution < 1.29 is 18.0 Å². The molecule has 0 aromatic carbocycles. The lowest BCUT2D eigenvalue weighted by atomic mass is 10.2. The van der Waals surface area contributed by atoms with Gasteiger partial charge in [0.05, 0.1) is 12.6 Å². The van der Waals surface area contributed by atoms with Gasteiger partial charge < -0.3 is 15.2 Å². The predicted molar refractivity (Wildman–Crippen MR) is 75.6 cm³/mol. The number of aromatic nitrogens is 2. The lowest BCUT2D eigenvalue weighted by molar-refractivity contribution is -0.141. The molecular weight excluding hydrogens is 332 g/mol. The topological polar surface area (TPSA) is 59.0 Å². The van der Waals surface area contributed by atoms with Gasteiger partial charge in [-0.1, -0.05) is 0 Å². The van der Waals surface area contributed by atoms with E-state index in [1.807, 2.05) is 0 Å². The van der Waals surface area contributed by atoms with E-state index in [1.54, 1.807) is 0 Å². The number of imidazole rings is 1. The number of carbonyl (C=O) groups excluding carboxylic acids is 1. The molecule has 1 atom stereocenters. The van der Waals surface area contributed by atoms with Crippen molar-refractivity contribution in [3.63, 3.8) is 0 Å². The Morgan fingerprint density at radius 1 is 1.48 bits per heavy atom. The highest BCUT2D eigenvalue weighted by atomic mass is 35.5. The molecule has 2 N–H and O–H groups in total. The van der Waals surface area contributed by atoms with Crippen LogP contribution >= 0.6 is 24.8 Å². The van der Waals surface area contributed by atoms with Crippen LogP contribution in [0.4, 0.5) is 13.2 Å². The molecule has 1 unspecified atom stereocenters. The van der Waals surface area contributed by atoms with E-state index < -0.39 is 12.7 Å². The predicted octanol–water partition coefficient (Wildman–Crippen LogP) is 1.66. The summed E-state index contributed by atoms with van der Waals surface area (Å²) < 4.78 is 37.9. The van der Waals surface area contributed by atoms with E-state index in [1.165, 1.54) is 12.4 Å². The van der Waals surface area contributed by atoms with E-state index >= 15 is 0 Å². The maximum absolute atomic E-state index is 12.3. The molecular formula is C11H17Cl2F3N4O. The molecule has 1 aromatic rings. The molecule has 10 heteroatoms. The van der Waals surface area contributed by atoms with Crippen molar-refractivity contribution in [3.05, 3.63) is 18.2 Å². The van der Waals surface area contributed by atoms with E-state index in [9.17, 15) is 18.0 Å². The van der Waals surface area contributed by atoms with Crippen molar-refractivity contribution in [3.8, 4) is 0 Å². The van der Waals surface area contributed by atoms with Crippen LogP contribution in [0.15, 0.2) is 12.4 Å². The Morgan fingerprint density at radius 3 is 2.76 bits per heavy atom. The van der Waals surface area contributed by atoms with Crippen molar-refractivity contribution in [2.24, 2.45) is 0 Å². The monoisotopic (exact) mass is 348 g/mol. The standard InChI is InChI=1S/C11H15F3N4O.2ClH/c12-11(13,14)7-18-5-4-16-9(18)6-17-10(19)8-2-1-3-15-8;;/h4-5,8,15H,1-3,6-7H2,(H,17,19);2*1H. The number of amides is 1. The summed E-state index contributed by atoms with van der Waals surface area (Å²) in [4.78, 5) is 15.5. The molecule has 2 heterocycles. The molecule has 1 fully saturated rings. The summed E-state index contributed by atoms with van der Waals surface area (Å²) in [5, 5.41) is 5.62. The summed E-state index contributed by atoms with van der Waals surface area (Å²) in [5.41, 5.74) is 0. The Labute approximate surface area is 132 Å². The zero-order valence-electron chi connectivity index (χ0n) is 11.0. The fraction of sp³-hybridized carbons (Fsp3) is 0.636. The van der Waals surface area contributed by atoms with Gasteiger partial charge in [0, 0.05) is 12.4 Å². The van der Waals surface area contributed by atoms with Crippen LogP contribution in [0.2, 0.25) is 0 Å². The summed E-state index contributed by atoms with van der Waals surface area (Å²) in [6.45, 7) is -0.305. The van der Waals surface area contributed by atoms with Gasteiger partial charge in [0.15, 0.2) is 0 Å². The Balaban J connectivity index is 0.00000200. The second-order valence-electron chi connectivity index (χ2n) is 4.45. The van der Waals surface area contributed by atoms with Gasteiger partial charge in [-0.2, -0.15) is 13.2 Å². The lowest BCUT2D eigenvalue weighted by Crippen LogP contribution is -2.40. The van der Waals surface area contributed by atoms with Gasteiger partial charge in [0.25, 0.3) is 0 Å². The van der Waals surface area contributed by atoms with E-state index in [-0.39, 0.29) is 49.1 Å². The van der Waals surface area contributed by atoms with Crippen LogP contribution in [-0.2, 0) is 17.9 Å². The quantitative estimate of drug-likeness (QED) is 0.869. The van der Waals surface area contributed by atoms with Crippen molar-refractivity contribution in [1.29, 1.82) is 0 Å². The maximum Gasteiger partial charge on any atom is 0.406 e. The molecule has 0 saturated carbocycles. The summed E-state index contributed by atoms with van der Waals surface area (Å²) in [6.07, 6.45) is -0.0695. The molecule has 0 aliphatic carbocycles. The van der Waals surface area contributed by atoms with Crippen LogP contribution in [0.5, 0.6) is 0 Å². The number of hydrogen-bond acceptors (Lipinski definition) is 3. The van der Waals surface area contributed by atoms with Gasteiger partial charge in [-0.25, -0.2) is 4.98 Å². The van der Waals surface area contributed by atoms with Gasteiger partial charge in [-0.05, 0) is 19.4 Å². The summed E-state index contributed by atoms with van der Waals surface area (Å²) in [6, 6.07) is -0.244. The second-order valence-corrected chi connectivity index (χ2v) is 4.45. The highest BCUT2D eigenvalue weighted by Gasteiger charge is 2.29. The SMILES string of the molecule is Cl.Cl.O=C(NCc1nccn1CC(F)(F)F)C1CCCN1. The highest BCUT2D eigenvalue weighted by molar-refractivity contribution is 5.85. The first-order chi connectivity index (χ1) is 8.96. The Morgan fingerprint density at radius 2 is 2.19 bits per heavy atom. The lowest BCUT2D eigenvalue weighted by Gasteiger charge is -2.13. The Bertz CT molecular complexity index is 447. The molecule has 0 spiro atoms. The number of nitrogens with zero attached hydrogens (tertiary/aromatic N) is 2. The number of carbonyl (C=O) groups is 1. The van der Waals surface area contributed by atoms with E-state index in [0.717, 1.165) is 24.0 Å². The van der Waals surface area contributed by atoms with Gasteiger partial charge >= 0.3 is 6.18 Å². The maximum atomic E-state index is 12.3. The van der Waals surface area contributed by atoms with Crippen molar-refractivity contribution in [1.82, 2.24) is 20.2 Å². The molecule has 5 nitrogen and oxygen atoms in total. The normalized spacial score (nSPS) is 17.8. The van der Waals surface area contributed by atoms with Crippen molar-refractivity contribution in [2.45, 2.75) is 38.1 Å². The average Bonchev–Trinajstić information content (AvgIpc) is 2.94. The molecule has 2 rings (SSSR count). The van der Waals surface area contributed by atoms with Crippen molar-refractivity contribution >= 4 is 30.7 Å². The van der Waals surface area contributed by atoms with E-state index in [0.29, 0.717) is 0 Å². The summed E-state index contributed by atoms with van der Waals surface area (Å²) in [5.74, 6) is 0.00253. The van der Waals surface area contributed by atoms with E-state index in [4.69, 9.17) is 0 Å². The summed E-state index contributed by atoms with van der Waals surface area (Å²) >= 11 is 0. The van der Waals surface area contributed by atoms with Crippen LogP contribution in [0, 0.1) is 0 Å². The minimum atomic E-state index is -4.30. The minimum absolute atomic E-state index is 0. The number of halogens is 5. The Hall–Kier alpha value is -0.990. The van der Waals surface area contributed by atoms with Crippen molar-refractivity contribution in [2.75, 3.05) is 6.54 Å². The summed E-state index contributed by atoms with van der Waals surface area (Å²) in [7, 11) is 0. The number of rotatable bonds is 4. The van der Waals surface area contributed by atoms with E-state index in [2.05, 4.69) is 15.6 Å². The first kappa shape index (κ1) is 20.0. The van der Waals surface area contributed by atoms with Gasteiger partial charge in [0.1, 0.15) is 12.4 Å². The van der Waals surface area contributed by atoms with Gasteiger partial charge in [0.2, 0.25) is 5.91 Å². The number of hydrogen-bond donors (Lipinski definition) is 2. The molecule has 1 aromatic heterocycles. The van der Waals surface area contributed by atoms with Crippen LogP contribution in [0.3, 0.4) is 0 Å². The third kappa shape index (κ3) is 6.11. The Kier molecular flexibility index (Phi) is 8.05. The second kappa shape index (κ2) is 8.45. The molecule has 0 bridgehead atoms. The van der Waals surface area contributed by atoms with Crippen LogP contribution in [0.1, 0.15) is 18.7 Å². The largest absolute Gasteiger partial charge is 0.406 e. The third-order valence-corrected chi connectivity index (χ3v) is 2.95.